The van der Waals surface area contributed by atoms with Gasteiger partial charge in [0.1, 0.15) is 11.6 Å². The Balaban J connectivity index is 1.93. The van der Waals surface area contributed by atoms with Crippen LogP contribution in [-0.2, 0) is 0 Å². The number of hydrogen-bond donors (Lipinski definition) is 0. The molecule has 122 valence electrons. The number of piperidine rings is 1. The first-order valence-electron chi connectivity index (χ1n) is 7.89. The van der Waals surface area contributed by atoms with Gasteiger partial charge >= 0.3 is 0 Å². The molecule has 5 nitrogen and oxygen atoms in total. The molecule has 0 aliphatic carbocycles. The number of nitrogens with zero attached hydrogens (tertiary/aromatic N) is 4. The summed E-state index contributed by atoms with van der Waals surface area (Å²) in [5, 5.41) is 14.2. The maximum Gasteiger partial charge on any atom is 0.290 e. The molecule has 3 rings (SSSR count). The second-order valence-electron chi connectivity index (χ2n) is 5.69. The Kier molecular flexibility index (Phi) is 4.97. The van der Waals surface area contributed by atoms with Crippen molar-refractivity contribution in [1.29, 1.82) is 5.26 Å². The van der Waals surface area contributed by atoms with E-state index in [0.29, 0.717) is 16.3 Å². The first-order valence-corrected chi connectivity index (χ1v) is 8.27. The lowest BCUT2D eigenvalue weighted by molar-refractivity contribution is 0.311. The van der Waals surface area contributed by atoms with E-state index >= 15 is 0 Å². The molecule has 0 unspecified atom stereocenters. The highest BCUT2D eigenvalue weighted by Crippen LogP contribution is 2.14. The lowest BCUT2D eigenvalue weighted by atomic mass is 10.1. The van der Waals surface area contributed by atoms with Crippen LogP contribution >= 0.6 is 11.6 Å². The van der Waals surface area contributed by atoms with Crippen molar-refractivity contribution in [1.82, 2.24) is 14.7 Å². The molecular formula is C18H17ClN4O. The van der Waals surface area contributed by atoms with Crippen molar-refractivity contribution in [3.8, 4) is 11.8 Å². The van der Waals surface area contributed by atoms with Gasteiger partial charge in [0.15, 0.2) is 0 Å². The number of aromatic nitrogens is 2. The van der Waals surface area contributed by atoms with E-state index in [0.717, 1.165) is 13.1 Å². The van der Waals surface area contributed by atoms with Crippen LogP contribution in [0.15, 0.2) is 41.5 Å². The van der Waals surface area contributed by atoms with Crippen molar-refractivity contribution < 1.29 is 0 Å². The third kappa shape index (κ3) is 3.50. The highest BCUT2D eigenvalue weighted by molar-refractivity contribution is 6.30. The van der Waals surface area contributed by atoms with E-state index in [9.17, 15) is 10.1 Å². The third-order valence-electron chi connectivity index (χ3n) is 4.05. The summed E-state index contributed by atoms with van der Waals surface area (Å²) in [6.07, 6.45) is 8.90. The number of halogens is 1. The molecule has 0 spiro atoms. The van der Waals surface area contributed by atoms with Crippen LogP contribution < -0.4 is 5.56 Å². The molecule has 0 bridgehead atoms. The molecule has 1 aromatic carbocycles. The molecule has 0 amide bonds. The lowest BCUT2D eigenvalue weighted by Gasteiger charge is -2.24. The van der Waals surface area contributed by atoms with Gasteiger partial charge in [0.05, 0.1) is 11.9 Å². The largest absolute Gasteiger partial charge is 0.377 e. The molecular weight excluding hydrogens is 324 g/mol. The summed E-state index contributed by atoms with van der Waals surface area (Å²) in [4.78, 5) is 14.8. The maximum absolute atomic E-state index is 12.6. The molecule has 6 heteroatoms. The molecule has 1 saturated heterocycles. The summed E-state index contributed by atoms with van der Waals surface area (Å²) < 4.78 is 1.22. The Labute approximate surface area is 145 Å². The summed E-state index contributed by atoms with van der Waals surface area (Å²) in [5.74, 6) is 0. The van der Waals surface area contributed by atoms with Gasteiger partial charge in [-0.05, 0) is 55.8 Å². The van der Waals surface area contributed by atoms with Gasteiger partial charge in [-0.1, -0.05) is 11.6 Å². The Morgan fingerprint density at radius 3 is 2.54 bits per heavy atom. The van der Waals surface area contributed by atoms with Crippen LogP contribution in [0.5, 0.6) is 0 Å². The predicted molar refractivity (Wildman–Crippen MR) is 94.0 cm³/mol. The average molecular weight is 341 g/mol. The molecule has 0 radical (unpaired) electrons. The first kappa shape index (κ1) is 16.3. The Bertz CT molecular complexity index is 843. The van der Waals surface area contributed by atoms with Crippen LogP contribution in [0.25, 0.3) is 11.8 Å². The van der Waals surface area contributed by atoms with Gasteiger partial charge in [-0.2, -0.15) is 15.0 Å². The molecule has 1 aromatic heterocycles. The molecule has 1 aliphatic heterocycles. The van der Waals surface area contributed by atoms with Gasteiger partial charge in [-0.25, -0.2) is 0 Å². The fourth-order valence-electron chi connectivity index (χ4n) is 2.72. The quantitative estimate of drug-likeness (QED) is 0.860. The van der Waals surface area contributed by atoms with Crippen molar-refractivity contribution in [2.45, 2.75) is 19.3 Å². The van der Waals surface area contributed by atoms with E-state index in [2.05, 4.69) is 10.00 Å². The molecule has 24 heavy (non-hydrogen) atoms. The Morgan fingerprint density at radius 2 is 1.88 bits per heavy atom. The topological polar surface area (TPSA) is 61.9 Å². The number of nitriles is 1. The van der Waals surface area contributed by atoms with E-state index < -0.39 is 5.56 Å². The van der Waals surface area contributed by atoms with Gasteiger partial charge in [-0.15, -0.1) is 0 Å². The molecule has 2 aromatic rings. The van der Waals surface area contributed by atoms with Crippen LogP contribution in [0.3, 0.4) is 0 Å². The predicted octanol–water partition coefficient (Wildman–Crippen LogP) is 3.21. The summed E-state index contributed by atoms with van der Waals surface area (Å²) in [5.41, 5.74) is 0.777. The van der Waals surface area contributed by atoms with E-state index in [1.165, 1.54) is 23.9 Å². The van der Waals surface area contributed by atoms with E-state index in [-0.39, 0.29) is 5.56 Å². The van der Waals surface area contributed by atoms with E-state index in [4.69, 9.17) is 11.6 Å². The monoisotopic (exact) mass is 340 g/mol. The zero-order valence-corrected chi connectivity index (χ0v) is 13.9. The van der Waals surface area contributed by atoms with Crippen molar-refractivity contribution in [2.24, 2.45) is 0 Å². The van der Waals surface area contributed by atoms with E-state index in [1.54, 1.807) is 36.5 Å². The maximum atomic E-state index is 12.6. The standard InChI is InChI=1S/C18H17ClN4O/c19-15-4-6-16(7-5-15)23-18(24)17(12-20)14(13-21-23)8-11-22-9-2-1-3-10-22/h4-8,11,13H,1-3,9-10H2/b11-8+. The van der Waals surface area contributed by atoms with Gasteiger partial charge in [0, 0.05) is 23.7 Å². The van der Waals surface area contributed by atoms with Crippen LogP contribution in [0.2, 0.25) is 5.02 Å². The number of rotatable bonds is 3. The smallest absolute Gasteiger partial charge is 0.290 e. The summed E-state index contributed by atoms with van der Waals surface area (Å²) in [7, 11) is 0. The van der Waals surface area contributed by atoms with Crippen molar-refractivity contribution in [2.75, 3.05) is 13.1 Å². The molecule has 1 fully saturated rings. The highest BCUT2D eigenvalue weighted by atomic mass is 35.5. The molecule has 0 saturated carbocycles. The zero-order valence-electron chi connectivity index (χ0n) is 13.2. The summed E-state index contributed by atoms with van der Waals surface area (Å²) in [6, 6.07) is 8.76. The minimum Gasteiger partial charge on any atom is -0.377 e. The van der Waals surface area contributed by atoms with Crippen LogP contribution in [0.4, 0.5) is 0 Å². The van der Waals surface area contributed by atoms with Gasteiger partial charge in [-0.3, -0.25) is 4.79 Å². The lowest BCUT2D eigenvalue weighted by Crippen LogP contribution is -2.25. The summed E-state index contributed by atoms with van der Waals surface area (Å²) >= 11 is 5.86. The normalized spacial score (nSPS) is 14.8. The van der Waals surface area contributed by atoms with Crippen molar-refractivity contribution in [3.63, 3.8) is 0 Å². The van der Waals surface area contributed by atoms with Gasteiger partial charge < -0.3 is 4.90 Å². The van der Waals surface area contributed by atoms with Crippen LogP contribution in [0, 0.1) is 11.3 Å². The molecule has 2 heterocycles. The fourth-order valence-corrected chi connectivity index (χ4v) is 2.85. The van der Waals surface area contributed by atoms with Crippen LogP contribution in [-0.4, -0.2) is 27.8 Å². The third-order valence-corrected chi connectivity index (χ3v) is 4.30. The fraction of sp³-hybridized carbons (Fsp3) is 0.278. The Hall–Kier alpha value is -2.58. The molecule has 0 atom stereocenters. The average Bonchev–Trinajstić information content (AvgIpc) is 2.62. The molecule has 0 N–H and O–H groups in total. The number of hydrogen-bond acceptors (Lipinski definition) is 4. The van der Waals surface area contributed by atoms with Crippen LogP contribution in [0.1, 0.15) is 30.4 Å². The number of benzene rings is 1. The first-order chi connectivity index (χ1) is 11.7. The Morgan fingerprint density at radius 1 is 1.17 bits per heavy atom. The van der Waals surface area contributed by atoms with Crippen molar-refractivity contribution >= 4 is 17.7 Å². The zero-order chi connectivity index (χ0) is 16.9. The molecule has 1 aliphatic rings. The minimum atomic E-state index is -0.430. The van der Waals surface area contributed by atoms with E-state index in [1.807, 2.05) is 12.3 Å². The van der Waals surface area contributed by atoms with Gasteiger partial charge in [0.2, 0.25) is 0 Å². The van der Waals surface area contributed by atoms with Crippen molar-refractivity contribution in [3.05, 3.63) is 63.2 Å². The minimum absolute atomic E-state index is 0.0909. The second kappa shape index (κ2) is 7.33. The van der Waals surface area contributed by atoms with Gasteiger partial charge in [0.25, 0.3) is 5.56 Å². The highest BCUT2D eigenvalue weighted by Gasteiger charge is 2.11. The summed E-state index contributed by atoms with van der Waals surface area (Å²) in [6.45, 7) is 2.02. The number of likely N-dealkylation sites (tertiary alicyclic amines) is 1. The SMILES string of the molecule is N#Cc1c(/C=C/N2CCCCC2)cnn(-c2ccc(Cl)cc2)c1=O. The second-order valence-corrected chi connectivity index (χ2v) is 6.13.